The van der Waals surface area contributed by atoms with Gasteiger partial charge in [-0.05, 0) is 51.5 Å². The molecular weight excluding hydrogens is 276 g/mol. The Morgan fingerprint density at radius 1 is 1.27 bits per heavy atom. The summed E-state index contributed by atoms with van der Waals surface area (Å²) in [4.78, 5) is 27.4. The van der Waals surface area contributed by atoms with Gasteiger partial charge in [-0.1, -0.05) is 26.2 Å². The van der Waals surface area contributed by atoms with E-state index in [1.165, 1.54) is 32.1 Å². The molecule has 2 rings (SSSR count). The highest BCUT2D eigenvalue weighted by Gasteiger charge is 2.29. The van der Waals surface area contributed by atoms with Crippen LogP contribution in [-0.2, 0) is 0 Å². The van der Waals surface area contributed by atoms with Crippen molar-refractivity contribution >= 4 is 11.7 Å². The fourth-order valence-corrected chi connectivity index (χ4v) is 3.78. The monoisotopic (exact) mass is 304 g/mol. The third-order valence-electron chi connectivity index (χ3n) is 4.92. The van der Waals surface area contributed by atoms with Crippen LogP contribution in [0.4, 0.5) is 0 Å². The average Bonchev–Trinajstić information content (AvgIpc) is 3.00. The molecule has 0 radical (unpaired) electrons. The molecule has 4 nitrogen and oxygen atoms in total. The lowest BCUT2D eigenvalue weighted by molar-refractivity contribution is 0.0921. The van der Waals surface area contributed by atoms with E-state index >= 15 is 0 Å². The number of hydrogen-bond acceptors (Lipinski definition) is 2. The van der Waals surface area contributed by atoms with Crippen molar-refractivity contribution in [2.45, 2.75) is 72.3 Å². The summed E-state index contributed by atoms with van der Waals surface area (Å²) < 4.78 is 0. The first-order chi connectivity index (χ1) is 10.5. The number of amides is 1. The summed E-state index contributed by atoms with van der Waals surface area (Å²) in [6.07, 6.45) is 7.11. The van der Waals surface area contributed by atoms with E-state index in [1.807, 2.05) is 13.8 Å². The molecule has 0 saturated heterocycles. The van der Waals surface area contributed by atoms with Crippen molar-refractivity contribution in [3.05, 3.63) is 22.5 Å². The molecular formula is C18H28N2O2. The molecule has 0 spiro atoms. The number of ketones is 1. The van der Waals surface area contributed by atoms with Gasteiger partial charge in [-0.15, -0.1) is 0 Å². The van der Waals surface area contributed by atoms with E-state index in [1.54, 1.807) is 6.92 Å². The molecule has 1 amide bonds. The summed E-state index contributed by atoms with van der Waals surface area (Å²) in [6, 6.07) is 0.280. The van der Waals surface area contributed by atoms with E-state index in [9.17, 15) is 9.59 Å². The normalized spacial score (nSPS) is 21.1. The summed E-state index contributed by atoms with van der Waals surface area (Å²) in [5, 5.41) is 3.19. The van der Waals surface area contributed by atoms with Gasteiger partial charge < -0.3 is 10.3 Å². The van der Waals surface area contributed by atoms with E-state index in [-0.39, 0.29) is 17.7 Å². The first-order valence-electron chi connectivity index (χ1n) is 8.46. The Bertz CT molecular complexity index is 560. The van der Waals surface area contributed by atoms with Gasteiger partial charge in [0.25, 0.3) is 5.91 Å². The van der Waals surface area contributed by atoms with Gasteiger partial charge in [0.1, 0.15) is 5.69 Å². The second kappa shape index (κ2) is 7.12. The molecule has 122 valence electrons. The van der Waals surface area contributed by atoms with Crippen LogP contribution in [0.5, 0.6) is 0 Å². The molecule has 0 bridgehead atoms. The zero-order valence-electron chi connectivity index (χ0n) is 14.2. The smallest absolute Gasteiger partial charge is 0.268 e. The maximum Gasteiger partial charge on any atom is 0.268 e. The highest BCUT2D eigenvalue weighted by molar-refractivity contribution is 6.02. The van der Waals surface area contributed by atoms with E-state index in [0.29, 0.717) is 17.2 Å². The van der Waals surface area contributed by atoms with Crippen molar-refractivity contribution in [2.75, 3.05) is 0 Å². The lowest BCUT2D eigenvalue weighted by Gasteiger charge is -2.20. The number of carbonyl (C=O) groups excluding carboxylic acids is 2. The molecule has 0 aromatic carbocycles. The fourth-order valence-electron chi connectivity index (χ4n) is 3.78. The van der Waals surface area contributed by atoms with E-state index in [4.69, 9.17) is 0 Å². The predicted octanol–water partition coefficient (Wildman–Crippen LogP) is 3.92. The van der Waals surface area contributed by atoms with Gasteiger partial charge in [0, 0.05) is 17.3 Å². The summed E-state index contributed by atoms with van der Waals surface area (Å²) in [6.45, 7) is 7.44. The van der Waals surface area contributed by atoms with Crippen LogP contribution in [0, 0.1) is 19.8 Å². The van der Waals surface area contributed by atoms with Crippen LogP contribution in [-0.4, -0.2) is 22.7 Å². The Hall–Kier alpha value is -1.58. The molecule has 0 aliphatic heterocycles. The number of unbranched alkanes of at least 4 members (excludes halogenated alkanes) is 1. The minimum Gasteiger partial charge on any atom is -0.354 e. The van der Waals surface area contributed by atoms with Crippen LogP contribution >= 0.6 is 0 Å². The molecule has 4 heteroatoms. The van der Waals surface area contributed by atoms with Crippen LogP contribution in [0.15, 0.2) is 0 Å². The fraction of sp³-hybridized carbons (Fsp3) is 0.667. The van der Waals surface area contributed by atoms with Gasteiger partial charge in [-0.3, -0.25) is 9.59 Å². The number of nitrogens with one attached hydrogen (secondary N) is 2. The number of aryl methyl sites for hydroxylation is 1. The van der Waals surface area contributed by atoms with Gasteiger partial charge in [0.05, 0.1) is 0 Å². The van der Waals surface area contributed by atoms with E-state index in [2.05, 4.69) is 17.2 Å². The van der Waals surface area contributed by atoms with Crippen LogP contribution in [0.1, 0.15) is 84.5 Å². The zero-order chi connectivity index (χ0) is 16.3. The Balaban J connectivity index is 2.09. The van der Waals surface area contributed by atoms with Crippen LogP contribution in [0.3, 0.4) is 0 Å². The maximum atomic E-state index is 12.6. The van der Waals surface area contributed by atoms with Crippen molar-refractivity contribution in [3.8, 4) is 0 Å². The number of aromatic nitrogens is 1. The van der Waals surface area contributed by atoms with Crippen molar-refractivity contribution in [2.24, 2.45) is 5.92 Å². The van der Waals surface area contributed by atoms with Gasteiger partial charge in [-0.25, -0.2) is 0 Å². The molecule has 1 aromatic rings. The van der Waals surface area contributed by atoms with Crippen molar-refractivity contribution < 1.29 is 9.59 Å². The lowest BCUT2D eigenvalue weighted by Crippen LogP contribution is -2.37. The van der Waals surface area contributed by atoms with Gasteiger partial charge in [-0.2, -0.15) is 0 Å². The summed E-state index contributed by atoms with van der Waals surface area (Å²) in [5.74, 6) is 0.543. The topological polar surface area (TPSA) is 62.0 Å². The molecule has 1 aliphatic rings. The van der Waals surface area contributed by atoms with Crippen molar-refractivity contribution in [1.82, 2.24) is 10.3 Å². The number of H-pyrrole nitrogens is 1. The number of aromatic amines is 1. The van der Waals surface area contributed by atoms with Crippen molar-refractivity contribution in [1.29, 1.82) is 0 Å². The van der Waals surface area contributed by atoms with E-state index in [0.717, 1.165) is 17.7 Å². The second-order valence-electron chi connectivity index (χ2n) is 6.59. The standard InChI is InChI=1S/C18H28N2O2/c1-5-6-8-14-9-7-10-15(14)20-18(22)17-11(2)16(13(4)21)12(3)19-17/h14-15,19H,5-10H2,1-4H3,(H,20,22). The molecule has 1 aliphatic carbocycles. The maximum absolute atomic E-state index is 12.6. The Morgan fingerprint density at radius 3 is 2.59 bits per heavy atom. The predicted molar refractivity (Wildman–Crippen MR) is 88.4 cm³/mol. The van der Waals surface area contributed by atoms with E-state index < -0.39 is 0 Å². The first kappa shape index (κ1) is 16.8. The van der Waals surface area contributed by atoms with Crippen LogP contribution < -0.4 is 5.32 Å². The number of rotatable bonds is 6. The van der Waals surface area contributed by atoms with Gasteiger partial charge >= 0.3 is 0 Å². The number of carbonyl (C=O) groups is 2. The summed E-state index contributed by atoms with van der Waals surface area (Å²) in [7, 11) is 0. The highest BCUT2D eigenvalue weighted by Crippen LogP contribution is 2.30. The molecule has 2 unspecified atom stereocenters. The zero-order valence-corrected chi connectivity index (χ0v) is 14.2. The van der Waals surface area contributed by atoms with Crippen molar-refractivity contribution in [3.63, 3.8) is 0 Å². The quantitative estimate of drug-likeness (QED) is 0.782. The number of Topliss-reactive ketones (excluding diaryl/α,β-unsaturated/α-hetero) is 1. The minimum absolute atomic E-state index is 0.00647. The molecule has 1 fully saturated rings. The van der Waals surface area contributed by atoms with Gasteiger partial charge in [0.2, 0.25) is 0 Å². The average molecular weight is 304 g/mol. The molecule has 2 N–H and O–H groups in total. The molecule has 1 saturated carbocycles. The molecule has 2 atom stereocenters. The molecule has 22 heavy (non-hydrogen) atoms. The minimum atomic E-state index is -0.0681. The Kier molecular flexibility index (Phi) is 5.43. The molecule has 1 heterocycles. The number of hydrogen-bond donors (Lipinski definition) is 2. The largest absolute Gasteiger partial charge is 0.354 e. The Labute approximate surface area is 133 Å². The third kappa shape index (κ3) is 3.42. The molecule has 1 aromatic heterocycles. The first-order valence-corrected chi connectivity index (χ1v) is 8.46. The second-order valence-corrected chi connectivity index (χ2v) is 6.59. The SMILES string of the molecule is CCCCC1CCCC1NC(=O)c1[nH]c(C)c(C(C)=O)c1C. The highest BCUT2D eigenvalue weighted by atomic mass is 16.2. The third-order valence-corrected chi connectivity index (χ3v) is 4.92. The Morgan fingerprint density at radius 2 is 2.00 bits per heavy atom. The van der Waals surface area contributed by atoms with Crippen LogP contribution in [0.25, 0.3) is 0 Å². The lowest BCUT2D eigenvalue weighted by atomic mass is 9.96. The van der Waals surface area contributed by atoms with Gasteiger partial charge in [0.15, 0.2) is 5.78 Å². The summed E-state index contributed by atoms with van der Waals surface area (Å²) in [5.41, 5.74) is 2.75. The summed E-state index contributed by atoms with van der Waals surface area (Å²) >= 11 is 0. The van der Waals surface area contributed by atoms with Crippen LogP contribution in [0.2, 0.25) is 0 Å².